The summed E-state index contributed by atoms with van der Waals surface area (Å²) >= 11 is 0. The van der Waals surface area contributed by atoms with Crippen molar-refractivity contribution in [3.05, 3.63) is 60.0 Å². The minimum Gasteiger partial charge on any atom is -0.261 e. The lowest BCUT2D eigenvalue weighted by atomic mass is 10.1. The van der Waals surface area contributed by atoms with Gasteiger partial charge in [0.2, 0.25) is 0 Å². The quantitative estimate of drug-likeness (QED) is 0.659. The van der Waals surface area contributed by atoms with Crippen LogP contribution in [-0.4, -0.2) is 10.7 Å². The summed E-state index contributed by atoms with van der Waals surface area (Å²) in [6.07, 6.45) is 2.45. The van der Waals surface area contributed by atoms with E-state index >= 15 is 0 Å². The predicted molar refractivity (Wildman–Crippen MR) is 71.1 cm³/mol. The lowest BCUT2D eigenvalue weighted by Crippen LogP contribution is -2.03. The minimum absolute atomic E-state index is 0.244. The van der Waals surface area contributed by atoms with E-state index in [1.807, 2.05) is 25.1 Å². The van der Waals surface area contributed by atoms with E-state index in [0.717, 1.165) is 17.7 Å². The van der Waals surface area contributed by atoms with Crippen LogP contribution < -0.4 is 5.43 Å². The number of anilines is 1. The number of rotatable bonds is 4. The first kappa shape index (κ1) is 12.2. The average Bonchev–Trinajstić information content (AvgIpc) is 2.42. The highest BCUT2D eigenvalue weighted by Crippen LogP contribution is 2.08. The largest absolute Gasteiger partial charge is 0.261 e. The van der Waals surface area contributed by atoms with Gasteiger partial charge in [-0.25, -0.2) is 9.37 Å². The first-order valence-electron chi connectivity index (χ1n) is 5.79. The summed E-state index contributed by atoms with van der Waals surface area (Å²) in [5.41, 5.74) is 4.66. The van der Waals surface area contributed by atoms with Gasteiger partial charge in [-0.3, -0.25) is 5.43 Å². The molecule has 0 fully saturated rings. The Morgan fingerprint density at radius 2 is 2.00 bits per heavy atom. The van der Waals surface area contributed by atoms with Crippen molar-refractivity contribution in [1.29, 1.82) is 0 Å². The lowest BCUT2D eigenvalue weighted by molar-refractivity contribution is 0.627. The van der Waals surface area contributed by atoms with E-state index in [0.29, 0.717) is 5.82 Å². The standard InChI is InChI=1S/C14H14FN3/c1-2-13(11-6-8-12(15)9-7-11)17-18-14-5-3-4-10-16-14/h3-10H,2H2,1H3,(H,16,18). The Kier molecular flexibility index (Phi) is 4.02. The molecular formula is C14H14FN3. The highest BCUT2D eigenvalue weighted by atomic mass is 19.1. The molecule has 18 heavy (non-hydrogen) atoms. The molecule has 1 aromatic carbocycles. The fraction of sp³-hybridized carbons (Fsp3) is 0.143. The van der Waals surface area contributed by atoms with Crippen LogP contribution in [0, 0.1) is 5.82 Å². The van der Waals surface area contributed by atoms with Gasteiger partial charge in [-0.2, -0.15) is 5.10 Å². The number of hydrogen-bond donors (Lipinski definition) is 1. The molecule has 0 bridgehead atoms. The van der Waals surface area contributed by atoms with Crippen LogP contribution in [0.3, 0.4) is 0 Å². The molecule has 2 aromatic rings. The van der Waals surface area contributed by atoms with Crippen LogP contribution in [-0.2, 0) is 0 Å². The summed E-state index contributed by atoms with van der Waals surface area (Å²) in [5, 5.41) is 4.29. The average molecular weight is 243 g/mol. The van der Waals surface area contributed by atoms with Gasteiger partial charge in [-0.05, 0) is 36.2 Å². The monoisotopic (exact) mass is 243 g/mol. The molecule has 1 aromatic heterocycles. The van der Waals surface area contributed by atoms with Crippen LogP contribution in [0.2, 0.25) is 0 Å². The zero-order valence-electron chi connectivity index (χ0n) is 10.1. The topological polar surface area (TPSA) is 37.3 Å². The molecule has 0 saturated carbocycles. The van der Waals surface area contributed by atoms with Crippen molar-refractivity contribution in [2.24, 2.45) is 5.10 Å². The third kappa shape index (κ3) is 3.13. The SMILES string of the molecule is CCC(=NNc1ccccn1)c1ccc(F)cc1. The summed E-state index contributed by atoms with van der Waals surface area (Å²) in [4.78, 5) is 4.11. The van der Waals surface area contributed by atoms with E-state index in [1.165, 1.54) is 12.1 Å². The molecule has 2 rings (SSSR count). The van der Waals surface area contributed by atoms with Crippen molar-refractivity contribution >= 4 is 11.5 Å². The highest BCUT2D eigenvalue weighted by Gasteiger charge is 2.01. The van der Waals surface area contributed by atoms with Crippen LogP contribution in [0.15, 0.2) is 53.8 Å². The Morgan fingerprint density at radius 1 is 1.22 bits per heavy atom. The van der Waals surface area contributed by atoms with Gasteiger partial charge in [0.15, 0.2) is 0 Å². The van der Waals surface area contributed by atoms with Crippen molar-refractivity contribution in [1.82, 2.24) is 4.98 Å². The van der Waals surface area contributed by atoms with Crippen molar-refractivity contribution in [3.63, 3.8) is 0 Å². The Labute approximate surface area is 105 Å². The maximum absolute atomic E-state index is 12.8. The lowest BCUT2D eigenvalue weighted by Gasteiger charge is -2.05. The fourth-order valence-electron chi connectivity index (χ4n) is 1.54. The van der Waals surface area contributed by atoms with Crippen molar-refractivity contribution in [2.45, 2.75) is 13.3 Å². The van der Waals surface area contributed by atoms with Crippen LogP contribution in [0.25, 0.3) is 0 Å². The normalized spacial score (nSPS) is 11.3. The first-order valence-corrected chi connectivity index (χ1v) is 5.79. The fourth-order valence-corrected chi connectivity index (χ4v) is 1.54. The third-order valence-electron chi connectivity index (χ3n) is 2.48. The van der Waals surface area contributed by atoms with E-state index in [2.05, 4.69) is 15.5 Å². The number of aromatic nitrogens is 1. The molecule has 1 heterocycles. The summed E-state index contributed by atoms with van der Waals surface area (Å²) in [6, 6.07) is 11.9. The molecule has 0 aliphatic rings. The van der Waals surface area contributed by atoms with E-state index in [1.54, 1.807) is 18.3 Å². The summed E-state index contributed by atoms with van der Waals surface area (Å²) in [5.74, 6) is 0.442. The maximum atomic E-state index is 12.8. The molecule has 4 heteroatoms. The molecule has 0 atom stereocenters. The summed E-state index contributed by atoms with van der Waals surface area (Å²) in [6.45, 7) is 2.00. The number of nitrogens with zero attached hydrogens (tertiary/aromatic N) is 2. The molecule has 0 amide bonds. The number of hydrazone groups is 1. The highest BCUT2D eigenvalue weighted by molar-refractivity contribution is 6.00. The van der Waals surface area contributed by atoms with Gasteiger partial charge in [0.25, 0.3) is 0 Å². The van der Waals surface area contributed by atoms with Crippen LogP contribution in [0.5, 0.6) is 0 Å². The van der Waals surface area contributed by atoms with Gasteiger partial charge >= 0.3 is 0 Å². The number of pyridine rings is 1. The number of halogens is 1. The van der Waals surface area contributed by atoms with E-state index < -0.39 is 0 Å². The molecule has 1 N–H and O–H groups in total. The zero-order chi connectivity index (χ0) is 12.8. The minimum atomic E-state index is -0.244. The Bertz CT molecular complexity index is 520. The Balaban J connectivity index is 2.16. The van der Waals surface area contributed by atoms with Crippen molar-refractivity contribution in [2.75, 3.05) is 5.43 Å². The predicted octanol–water partition coefficient (Wildman–Crippen LogP) is 3.45. The number of hydrogen-bond acceptors (Lipinski definition) is 3. The van der Waals surface area contributed by atoms with Gasteiger partial charge in [0, 0.05) is 6.20 Å². The molecule has 0 radical (unpaired) electrons. The second kappa shape index (κ2) is 5.91. The van der Waals surface area contributed by atoms with E-state index in [-0.39, 0.29) is 5.82 Å². The molecular weight excluding hydrogens is 229 g/mol. The van der Waals surface area contributed by atoms with Crippen molar-refractivity contribution < 1.29 is 4.39 Å². The molecule has 0 spiro atoms. The molecule has 0 aliphatic heterocycles. The smallest absolute Gasteiger partial charge is 0.146 e. The zero-order valence-corrected chi connectivity index (χ0v) is 10.1. The second-order valence-electron chi connectivity index (χ2n) is 3.75. The Morgan fingerprint density at radius 3 is 2.61 bits per heavy atom. The first-order chi connectivity index (χ1) is 8.79. The van der Waals surface area contributed by atoms with Crippen molar-refractivity contribution in [3.8, 4) is 0 Å². The summed E-state index contributed by atoms with van der Waals surface area (Å²) < 4.78 is 12.8. The second-order valence-corrected chi connectivity index (χ2v) is 3.75. The maximum Gasteiger partial charge on any atom is 0.146 e. The summed E-state index contributed by atoms with van der Waals surface area (Å²) in [7, 11) is 0. The van der Waals surface area contributed by atoms with Gasteiger partial charge in [-0.1, -0.05) is 25.1 Å². The van der Waals surface area contributed by atoms with Gasteiger partial charge < -0.3 is 0 Å². The van der Waals surface area contributed by atoms with Crippen LogP contribution in [0.1, 0.15) is 18.9 Å². The van der Waals surface area contributed by atoms with Crippen LogP contribution in [0.4, 0.5) is 10.2 Å². The number of benzene rings is 1. The molecule has 3 nitrogen and oxygen atoms in total. The van der Waals surface area contributed by atoms with Crippen LogP contribution >= 0.6 is 0 Å². The molecule has 0 aliphatic carbocycles. The van der Waals surface area contributed by atoms with Gasteiger partial charge in [-0.15, -0.1) is 0 Å². The van der Waals surface area contributed by atoms with E-state index in [4.69, 9.17) is 0 Å². The van der Waals surface area contributed by atoms with Gasteiger partial charge in [0.05, 0.1) is 5.71 Å². The Hall–Kier alpha value is -2.23. The molecule has 92 valence electrons. The van der Waals surface area contributed by atoms with Gasteiger partial charge in [0.1, 0.15) is 11.6 Å². The molecule has 0 unspecified atom stereocenters. The third-order valence-corrected chi connectivity index (χ3v) is 2.48. The molecule has 0 saturated heterocycles. The number of nitrogens with one attached hydrogen (secondary N) is 1. The van der Waals surface area contributed by atoms with E-state index in [9.17, 15) is 4.39 Å².